The van der Waals surface area contributed by atoms with E-state index < -0.39 is 24.5 Å². The van der Waals surface area contributed by atoms with Gasteiger partial charge in [0, 0.05) is 10.6 Å². The zero-order chi connectivity index (χ0) is 19.3. The van der Waals surface area contributed by atoms with Crippen molar-refractivity contribution in [1.29, 1.82) is 0 Å². The molecule has 2 heterocycles. The number of carbonyl (C=O) groups is 3. The second kappa shape index (κ2) is 8.66. The highest BCUT2D eigenvalue weighted by Crippen LogP contribution is 2.20. The molecule has 2 aromatic heterocycles. The van der Waals surface area contributed by atoms with Crippen LogP contribution in [0.5, 0.6) is 0 Å². The highest BCUT2D eigenvalue weighted by atomic mass is 32.1. The minimum Gasteiger partial charge on any atom is -0.461 e. The number of nitrogens with one attached hydrogen (secondary N) is 2. The summed E-state index contributed by atoms with van der Waals surface area (Å²) in [7, 11) is 0. The minimum atomic E-state index is -0.661. The van der Waals surface area contributed by atoms with E-state index in [0.29, 0.717) is 11.3 Å². The third-order valence-electron chi connectivity index (χ3n) is 3.80. The van der Waals surface area contributed by atoms with E-state index in [1.165, 1.54) is 11.3 Å². The first kappa shape index (κ1) is 19.7. The molecule has 0 aliphatic rings. The van der Waals surface area contributed by atoms with Gasteiger partial charge < -0.3 is 19.8 Å². The first-order valence-corrected chi connectivity index (χ1v) is 9.09. The maximum atomic E-state index is 12.3. The van der Waals surface area contributed by atoms with E-state index in [4.69, 9.17) is 9.47 Å². The molecule has 0 aromatic carbocycles. The summed E-state index contributed by atoms with van der Waals surface area (Å²) in [5, 5.41) is 4.70. The number of esters is 2. The van der Waals surface area contributed by atoms with Crippen LogP contribution in [-0.4, -0.2) is 36.0 Å². The summed E-state index contributed by atoms with van der Waals surface area (Å²) < 4.78 is 10.1. The first-order valence-electron chi connectivity index (χ1n) is 8.21. The molecule has 0 saturated carbocycles. The van der Waals surface area contributed by atoms with Gasteiger partial charge in [-0.25, -0.2) is 9.59 Å². The van der Waals surface area contributed by atoms with Crippen LogP contribution in [0.3, 0.4) is 0 Å². The Kier molecular flexibility index (Phi) is 6.57. The number of thiophene rings is 1. The SMILES string of the molecule is CCOC(=O)c1[nH]c(C)c(C(=O)OCC(=O)N[C@@H](C)c2cccs2)c1C. The monoisotopic (exact) mass is 378 g/mol. The highest BCUT2D eigenvalue weighted by molar-refractivity contribution is 7.10. The Morgan fingerprint density at radius 1 is 1.23 bits per heavy atom. The standard InChI is InChI=1S/C18H22N2O5S/c1-5-24-18(23)16-10(2)15(12(4)20-16)17(22)25-9-14(21)19-11(3)13-7-6-8-26-13/h6-8,11,20H,5,9H2,1-4H3,(H,19,21)/t11-/m0/s1. The minimum absolute atomic E-state index is 0.160. The third kappa shape index (κ3) is 4.51. The molecule has 1 atom stereocenters. The van der Waals surface area contributed by atoms with E-state index in [0.717, 1.165) is 4.88 Å². The first-order chi connectivity index (χ1) is 12.3. The third-order valence-corrected chi connectivity index (χ3v) is 4.86. The highest BCUT2D eigenvalue weighted by Gasteiger charge is 2.24. The lowest BCUT2D eigenvalue weighted by Gasteiger charge is -2.12. The molecule has 8 heteroatoms. The number of H-pyrrole nitrogens is 1. The molecule has 2 N–H and O–H groups in total. The fraction of sp³-hybridized carbons (Fsp3) is 0.389. The van der Waals surface area contributed by atoms with Gasteiger partial charge in [0.05, 0.1) is 18.2 Å². The van der Waals surface area contributed by atoms with Crippen LogP contribution in [0.15, 0.2) is 17.5 Å². The Morgan fingerprint density at radius 3 is 2.58 bits per heavy atom. The molecule has 7 nitrogen and oxygen atoms in total. The number of rotatable bonds is 7. The largest absolute Gasteiger partial charge is 0.461 e. The summed E-state index contributed by atoms with van der Waals surface area (Å²) >= 11 is 1.54. The Balaban J connectivity index is 1.97. The molecule has 0 fully saturated rings. The zero-order valence-electron chi connectivity index (χ0n) is 15.2. The summed E-state index contributed by atoms with van der Waals surface area (Å²) in [5.41, 5.74) is 1.39. The van der Waals surface area contributed by atoms with Gasteiger partial charge in [0.15, 0.2) is 6.61 Å². The lowest BCUT2D eigenvalue weighted by atomic mass is 10.1. The predicted octanol–water partition coefficient (Wildman–Crippen LogP) is 2.90. The maximum absolute atomic E-state index is 12.3. The number of hydrogen-bond donors (Lipinski definition) is 2. The van der Waals surface area contributed by atoms with Gasteiger partial charge in [0.2, 0.25) is 0 Å². The molecule has 0 aliphatic heterocycles. The second-order valence-electron chi connectivity index (χ2n) is 5.73. The molecule has 0 radical (unpaired) electrons. The van der Waals surface area contributed by atoms with Gasteiger partial charge in [-0.3, -0.25) is 4.79 Å². The molecule has 2 aromatic rings. The fourth-order valence-electron chi connectivity index (χ4n) is 2.56. The van der Waals surface area contributed by atoms with Crippen LogP contribution in [-0.2, 0) is 14.3 Å². The number of amides is 1. The van der Waals surface area contributed by atoms with E-state index in [1.807, 2.05) is 24.4 Å². The van der Waals surface area contributed by atoms with Gasteiger partial charge in [0.1, 0.15) is 5.69 Å². The van der Waals surface area contributed by atoms with E-state index in [-0.39, 0.29) is 23.9 Å². The molecule has 0 spiro atoms. The van der Waals surface area contributed by atoms with Crippen LogP contribution < -0.4 is 5.32 Å². The van der Waals surface area contributed by atoms with Gasteiger partial charge in [0.25, 0.3) is 5.91 Å². The summed E-state index contributed by atoms with van der Waals surface area (Å²) in [6.07, 6.45) is 0. The molecule has 0 saturated heterocycles. The Hall–Kier alpha value is -2.61. The van der Waals surface area contributed by atoms with Crippen LogP contribution >= 0.6 is 11.3 Å². The number of carbonyl (C=O) groups excluding carboxylic acids is 3. The quantitative estimate of drug-likeness (QED) is 0.722. The van der Waals surface area contributed by atoms with Crippen LogP contribution in [0, 0.1) is 13.8 Å². The zero-order valence-corrected chi connectivity index (χ0v) is 16.0. The van der Waals surface area contributed by atoms with Gasteiger partial charge in [-0.2, -0.15) is 0 Å². The van der Waals surface area contributed by atoms with Crippen molar-refractivity contribution in [3.8, 4) is 0 Å². The topological polar surface area (TPSA) is 97.5 Å². The van der Waals surface area contributed by atoms with Crippen LogP contribution in [0.4, 0.5) is 0 Å². The molecular formula is C18H22N2O5S. The number of aromatic nitrogens is 1. The summed E-state index contributed by atoms with van der Waals surface area (Å²) in [5.74, 6) is -1.59. The summed E-state index contributed by atoms with van der Waals surface area (Å²) in [4.78, 5) is 40.1. The van der Waals surface area contributed by atoms with Crippen LogP contribution in [0.2, 0.25) is 0 Å². The smallest absolute Gasteiger partial charge is 0.355 e. The maximum Gasteiger partial charge on any atom is 0.355 e. The second-order valence-corrected chi connectivity index (χ2v) is 6.71. The Morgan fingerprint density at radius 2 is 1.96 bits per heavy atom. The van der Waals surface area contributed by atoms with Crippen molar-refractivity contribution in [1.82, 2.24) is 10.3 Å². The van der Waals surface area contributed by atoms with Gasteiger partial charge in [-0.15, -0.1) is 11.3 Å². The van der Waals surface area contributed by atoms with Gasteiger partial charge >= 0.3 is 11.9 Å². The van der Waals surface area contributed by atoms with Crippen LogP contribution in [0.1, 0.15) is 56.9 Å². The number of ether oxygens (including phenoxy) is 2. The average molecular weight is 378 g/mol. The molecule has 0 aliphatic carbocycles. The van der Waals surface area contributed by atoms with E-state index >= 15 is 0 Å². The average Bonchev–Trinajstić information content (AvgIpc) is 3.21. The van der Waals surface area contributed by atoms with Crippen molar-refractivity contribution in [3.05, 3.63) is 44.9 Å². The lowest BCUT2D eigenvalue weighted by molar-refractivity contribution is -0.124. The molecular weight excluding hydrogens is 356 g/mol. The van der Waals surface area contributed by atoms with Crippen molar-refractivity contribution in [2.45, 2.75) is 33.7 Å². The Bertz CT molecular complexity index is 795. The van der Waals surface area contributed by atoms with E-state index in [9.17, 15) is 14.4 Å². The fourth-order valence-corrected chi connectivity index (χ4v) is 3.29. The molecule has 0 bridgehead atoms. The lowest BCUT2D eigenvalue weighted by Crippen LogP contribution is -2.30. The van der Waals surface area contributed by atoms with Gasteiger partial charge in [-0.05, 0) is 44.7 Å². The van der Waals surface area contributed by atoms with E-state index in [2.05, 4.69) is 10.3 Å². The van der Waals surface area contributed by atoms with Gasteiger partial charge in [-0.1, -0.05) is 6.07 Å². The van der Waals surface area contributed by atoms with E-state index in [1.54, 1.807) is 20.8 Å². The van der Waals surface area contributed by atoms with Crippen molar-refractivity contribution in [2.24, 2.45) is 0 Å². The number of hydrogen-bond acceptors (Lipinski definition) is 6. The number of aromatic amines is 1. The molecule has 0 unspecified atom stereocenters. The Labute approximate surface area is 155 Å². The van der Waals surface area contributed by atoms with Crippen molar-refractivity contribution < 1.29 is 23.9 Å². The molecule has 2 rings (SSSR count). The van der Waals surface area contributed by atoms with Crippen molar-refractivity contribution in [3.63, 3.8) is 0 Å². The van der Waals surface area contributed by atoms with Crippen molar-refractivity contribution in [2.75, 3.05) is 13.2 Å². The van der Waals surface area contributed by atoms with Crippen molar-refractivity contribution >= 4 is 29.2 Å². The number of aryl methyl sites for hydroxylation is 1. The molecule has 1 amide bonds. The molecule has 140 valence electrons. The molecule has 26 heavy (non-hydrogen) atoms. The van der Waals surface area contributed by atoms with Crippen LogP contribution in [0.25, 0.3) is 0 Å². The summed E-state index contributed by atoms with van der Waals surface area (Å²) in [6.45, 7) is 6.69. The predicted molar refractivity (Wildman–Crippen MR) is 97.4 cm³/mol. The normalized spacial score (nSPS) is 11.7. The summed E-state index contributed by atoms with van der Waals surface area (Å²) in [6, 6.07) is 3.67.